The van der Waals surface area contributed by atoms with E-state index in [0.717, 1.165) is 12.2 Å². The van der Waals surface area contributed by atoms with Crippen molar-refractivity contribution in [3.05, 3.63) is 53.7 Å². The lowest BCUT2D eigenvalue weighted by Gasteiger charge is -2.12. The molecule has 0 unspecified atom stereocenters. The third kappa shape index (κ3) is 2.81. The fourth-order valence-electron chi connectivity index (χ4n) is 2.40. The van der Waals surface area contributed by atoms with Crippen molar-refractivity contribution in [2.75, 3.05) is 13.7 Å². The third-order valence-electron chi connectivity index (χ3n) is 3.41. The smallest absolute Gasteiger partial charge is 0.256 e. The molecule has 5 heteroatoms. The summed E-state index contributed by atoms with van der Waals surface area (Å²) in [7, 11) is 1.50. The molecule has 2 aromatic rings. The molecule has 1 aromatic carbocycles. The number of carbonyl (C=O) groups is 1. The van der Waals surface area contributed by atoms with E-state index in [4.69, 9.17) is 9.47 Å². The summed E-state index contributed by atoms with van der Waals surface area (Å²) in [6, 6.07) is 11.3. The fraction of sp³-hybridized carbons (Fsp3) is 0.250. The molecular formula is C16H16N2O3. The minimum absolute atomic E-state index is 0.0333. The monoisotopic (exact) mass is 284 g/mol. The Bertz CT molecular complexity index is 632. The standard InChI is InChI=1S/C16H16N2O3/c1-20-16-13(6-4-8-17-16)15(19)18-10-12-9-11-5-2-3-7-14(11)21-12/h2-8,12H,9-10H2,1H3,(H,18,19)/t12-/m0/s1. The summed E-state index contributed by atoms with van der Waals surface area (Å²) in [6.45, 7) is 0.450. The zero-order valence-electron chi connectivity index (χ0n) is 11.7. The predicted molar refractivity (Wildman–Crippen MR) is 77.7 cm³/mol. The third-order valence-corrected chi connectivity index (χ3v) is 3.41. The molecule has 0 aliphatic carbocycles. The zero-order chi connectivity index (χ0) is 14.7. The predicted octanol–water partition coefficient (Wildman–Crippen LogP) is 1.82. The van der Waals surface area contributed by atoms with Crippen molar-refractivity contribution in [2.24, 2.45) is 0 Å². The van der Waals surface area contributed by atoms with Crippen LogP contribution in [0.4, 0.5) is 0 Å². The van der Waals surface area contributed by atoms with E-state index in [-0.39, 0.29) is 12.0 Å². The van der Waals surface area contributed by atoms with Crippen molar-refractivity contribution < 1.29 is 14.3 Å². The van der Waals surface area contributed by atoms with Gasteiger partial charge in [0.25, 0.3) is 5.91 Å². The topological polar surface area (TPSA) is 60.5 Å². The average molecular weight is 284 g/mol. The van der Waals surface area contributed by atoms with Gasteiger partial charge < -0.3 is 14.8 Å². The molecule has 0 radical (unpaired) electrons. The van der Waals surface area contributed by atoms with Crippen LogP contribution in [0, 0.1) is 0 Å². The first-order chi connectivity index (χ1) is 10.3. The Balaban J connectivity index is 1.60. The fourth-order valence-corrected chi connectivity index (χ4v) is 2.40. The number of rotatable bonds is 4. The number of hydrogen-bond acceptors (Lipinski definition) is 4. The van der Waals surface area contributed by atoms with Crippen LogP contribution in [0.25, 0.3) is 0 Å². The van der Waals surface area contributed by atoms with E-state index >= 15 is 0 Å². The van der Waals surface area contributed by atoms with Crippen LogP contribution < -0.4 is 14.8 Å². The van der Waals surface area contributed by atoms with Crippen molar-refractivity contribution in [1.29, 1.82) is 0 Å². The van der Waals surface area contributed by atoms with Gasteiger partial charge in [-0.05, 0) is 23.8 Å². The van der Waals surface area contributed by atoms with Crippen LogP contribution in [0.15, 0.2) is 42.6 Å². The number of hydrogen-bond donors (Lipinski definition) is 1. The largest absolute Gasteiger partial charge is 0.488 e. The molecule has 3 rings (SSSR count). The van der Waals surface area contributed by atoms with E-state index in [1.54, 1.807) is 18.3 Å². The molecule has 0 saturated heterocycles. The molecule has 108 valence electrons. The first-order valence-corrected chi connectivity index (χ1v) is 6.79. The summed E-state index contributed by atoms with van der Waals surface area (Å²) < 4.78 is 10.9. The number of fused-ring (bicyclic) bond motifs is 1. The van der Waals surface area contributed by atoms with E-state index in [2.05, 4.69) is 10.3 Å². The second-order valence-electron chi connectivity index (χ2n) is 4.82. The number of nitrogens with zero attached hydrogens (tertiary/aromatic N) is 1. The number of aromatic nitrogens is 1. The Kier molecular flexibility index (Phi) is 3.73. The van der Waals surface area contributed by atoms with Gasteiger partial charge in [0, 0.05) is 12.6 Å². The molecule has 2 heterocycles. The van der Waals surface area contributed by atoms with Crippen LogP contribution in [0.2, 0.25) is 0 Å². The van der Waals surface area contributed by atoms with Crippen LogP contribution in [0.3, 0.4) is 0 Å². The van der Waals surface area contributed by atoms with E-state index in [1.807, 2.05) is 24.3 Å². The average Bonchev–Trinajstić information content (AvgIpc) is 2.95. The lowest BCUT2D eigenvalue weighted by Crippen LogP contribution is -2.34. The molecule has 1 atom stereocenters. The maximum absolute atomic E-state index is 12.2. The minimum Gasteiger partial charge on any atom is -0.488 e. The molecule has 1 aromatic heterocycles. The summed E-state index contributed by atoms with van der Waals surface area (Å²) in [5, 5.41) is 2.87. The molecule has 0 fully saturated rings. The Hall–Kier alpha value is -2.56. The quantitative estimate of drug-likeness (QED) is 0.930. The van der Waals surface area contributed by atoms with Gasteiger partial charge in [0.2, 0.25) is 5.88 Å². The van der Waals surface area contributed by atoms with Gasteiger partial charge in [0.15, 0.2) is 0 Å². The van der Waals surface area contributed by atoms with Crippen molar-refractivity contribution >= 4 is 5.91 Å². The van der Waals surface area contributed by atoms with Gasteiger partial charge in [-0.3, -0.25) is 4.79 Å². The molecule has 0 saturated carbocycles. The number of pyridine rings is 1. The SMILES string of the molecule is COc1ncccc1C(=O)NC[C@@H]1Cc2ccccc2O1. The van der Waals surface area contributed by atoms with E-state index < -0.39 is 0 Å². The van der Waals surface area contributed by atoms with Crippen LogP contribution >= 0.6 is 0 Å². The van der Waals surface area contributed by atoms with Crippen molar-refractivity contribution in [3.8, 4) is 11.6 Å². The lowest BCUT2D eigenvalue weighted by molar-refractivity contribution is 0.0929. The summed E-state index contributed by atoms with van der Waals surface area (Å²) in [6.07, 6.45) is 2.36. The van der Waals surface area contributed by atoms with Crippen LogP contribution in [-0.4, -0.2) is 30.6 Å². The number of amides is 1. The Morgan fingerprint density at radius 2 is 2.24 bits per heavy atom. The summed E-state index contributed by atoms with van der Waals surface area (Å²) in [5.74, 6) is 1.01. The molecule has 1 aliphatic rings. The normalized spacial score (nSPS) is 16.0. The van der Waals surface area contributed by atoms with Gasteiger partial charge in [0.1, 0.15) is 17.4 Å². The second kappa shape index (κ2) is 5.83. The number of para-hydroxylation sites is 1. The van der Waals surface area contributed by atoms with Gasteiger partial charge in [-0.25, -0.2) is 4.98 Å². The highest BCUT2D eigenvalue weighted by Crippen LogP contribution is 2.27. The second-order valence-corrected chi connectivity index (χ2v) is 4.82. The zero-order valence-corrected chi connectivity index (χ0v) is 11.7. The molecule has 1 N–H and O–H groups in total. The summed E-state index contributed by atoms with van der Waals surface area (Å²) >= 11 is 0. The van der Waals surface area contributed by atoms with Crippen molar-refractivity contribution in [2.45, 2.75) is 12.5 Å². The first-order valence-electron chi connectivity index (χ1n) is 6.79. The molecule has 1 amide bonds. The van der Waals surface area contributed by atoms with E-state index in [1.165, 1.54) is 12.7 Å². The lowest BCUT2D eigenvalue weighted by atomic mass is 10.1. The Morgan fingerprint density at radius 3 is 3.05 bits per heavy atom. The molecule has 21 heavy (non-hydrogen) atoms. The first kappa shape index (κ1) is 13.4. The van der Waals surface area contributed by atoms with Crippen molar-refractivity contribution in [1.82, 2.24) is 10.3 Å². The molecular weight excluding hydrogens is 268 g/mol. The van der Waals surface area contributed by atoms with Crippen LogP contribution in [0.5, 0.6) is 11.6 Å². The highest BCUT2D eigenvalue weighted by atomic mass is 16.5. The molecule has 5 nitrogen and oxygen atoms in total. The highest BCUT2D eigenvalue weighted by Gasteiger charge is 2.23. The van der Waals surface area contributed by atoms with Gasteiger partial charge in [-0.2, -0.15) is 0 Å². The Labute approximate surface area is 122 Å². The van der Waals surface area contributed by atoms with Gasteiger partial charge in [-0.1, -0.05) is 18.2 Å². The van der Waals surface area contributed by atoms with E-state index in [0.29, 0.717) is 18.0 Å². The molecule has 0 bridgehead atoms. The number of ether oxygens (including phenoxy) is 2. The highest BCUT2D eigenvalue weighted by molar-refractivity contribution is 5.96. The van der Waals surface area contributed by atoms with Crippen LogP contribution in [0.1, 0.15) is 15.9 Å². The summed E-state index contributed by atoms with van der Waals surface area (Å²) in [5.41, 5.74) is 1.60. The maximum atomic E-state index is 12.2. The number of methoxy groups -OCH3 is 1. The van der Waals surface area contributed by atoms with Crippen LogP contribution in [-0.2, 0) is 6.42 Å². The summed E-state index contributed by atoms with van der Waals surface area (Å²) in [4.78, 5) is 16.2. The minimum atomic E-state index is -0.209. The maximum Gasteiger partial charge on any atom is 0.256 e. The number of nitrogens with one attached hydrogen (secondary N) is 1. The van der Waals surface area contributed by atoms with E-state index in [9.17, 15) is 4.79 Å². The number of carbonyl (C=O) groups excluding carboxylic acids is 1. The number of benzene rings is 1. The Morgan fingerprint density at radius 1 is 1.38 bits per heavy atom. The molecule has 1 aliphatic heterocycles. The molecule has 0 spiro atoms. The van der Waals surface area contributed by atoms with Gasteiger partial charge in [-0.15, -0.1) is 0 Å². The van der Waals surface area contributed by atoms with Gasteiger partial charge >= 0.3 is 0 Å². The van der Waals surface area contributed by atoms with Gasteiger partial charge in [0.05, 0.1) is 13.7 Å². The van der Waals surface area contributed by atoms with Crippen molar-refractivity contribution in [3.63, 3.8) is 0 Å².